The van der Waals surface area contributed by atoms with Crippen LogP contribution in [0.25, 0.3) is 0 Å². The van der Waals surface area contributed by atoms with Gasteiger partial charge in [0.25, 0.3) is 3.61 Å². The Morgan fingerprint density at radius 1 is 0.742 bits per heavy atom. The molecule has 1 saturated carbocycles. The summed E-state index contributed by atoms with van der Waals surface area (Å²) < 4.78 is 14.0. The molecule has 0 amide bonds. The van der Waals surface area contributed by atoms with Gasteiger partial charge in [-0.3, -0.25) is 14.4 Å². The highest BCUT2D eigenvalue weighted by Gasteiger charge is 2.91. The Morgan fingerprint density at radius 3 is 1.55 bits per heavy atom. The lowest BCUT2D eigenvalue weighted by atomic mass is 9.80. The van der Waals surface area contributed by atoms with Crippen LogP contribution in [0.5, 0.6) is 0 Å². The lowest BCUT2D eigenvalue weighted by molar-refractivity contribution is -0.203. The minimum atomic E-state index is -1.57. The third-order valence-electron chi connectivity index (χ3n) is 4.45. The molecule has 0 aromatic heterocycles. The molecule has 0 aromatic carbocycles. The number of carbonyl (C=O) groups is 3. The van der Waals surface area contributed by atoms with Gasteiger partial charge in [-0.15, -0.1) is 0 Å². The summed E-state index contributed by atoms with van der Waals surface area (Å²) in [6.45, 7) is 3.96. The third kappa shape index (κ3) is 4.74. The Hall–Kier alpha value is 5.45. The van der Waals surface area contributed by atoms with E-state index in [4.69, 9.17) is 14.2 Å². The molecule has 0 bridgehead atoms. The molecule has 4 unspecified atom stereocenters. The average molecular weight is 1560 g/mol. The van der Waals surface area contributed by atoms with Gasteiger partial charge >= 0.3 is 17.9 Å². The van der Waals surface area contributed by atoms with Gasteiger partial charge in [0.15, 0.2) is 0 Å². The van der Waals surface area contributed by atoms with Gasteiger partial charge in [0.05, 0.1) is 3.92 Å². The van der Waals surface area contributed by atoms with Gasteiger partial charge in [-0.2, -0.15) is 0 Å². The van der Waals surface area contributed by atoms with E-state index in [1.807, 2.05) is 22.6 Å². The van der Waals surface area contributed by atoms with Crippen molar-refractivity contribution in [2.45, 2.75) is 41.8 Å². The Labute approximate surface area is 316 Å². The summed E-state index contributed by atoms with van der Waals surface area (Å²) in [7, 11) is 0. The van der Waals surface area contributed by atoms with Crippen LogP contribution >= 0.6 is 226 Å². The lowest BCUT2D eigenvalue weighted by Gasteiger charge is -2.58. The molecular weight excluding hydrogens is 1550 g/mol. The monoisotopic (exact) mass is 1560 g/mol. The molecule has 0 heterocycles. The van der Waals surface area contributed by atoms with Crippen molar-refractivity contribution in [3.63, 3.8) is 0 Å². The number of esters is 3. The van der Waals surface area contributed by atoms with Crippen molar-refractivity contribution in [1.82, 2.24) is 0 Å². The molecule has 176 valence electrons. The average Bonchev–Trinajstić information content (AvgIpc) is 2.64. The van der Waals surface area contributed by atoms with Crippen molar-refractivity contribution in [3.8, 4) is 0 Å². The Morgan fingerprint density at radius 2 is 1.16 bits per heavy atom. The van der Waals surface area contributed by atoms with Crippen LogP contribution in [0, 0.1) is 0 Å². The fourth-order valence-corrected chi connectivity index (χ4v) is 19.2. The van der Waals surface area contributed by atoms with E-state index in [0.29, 0.717) is 0 Å². The molecule has 1 fully saturated rings. The van der Waals surface area contributed by atoms with Gasteiger partial charge in [-0.1, -0.05) is 158 Å². The molecule has 0 N–H and O–H groups in total. The standard InChI is InChI=1S/C15H10I10O6/c1-4(26)29-10-8(11(18,19)14(23,24)13(10,21)22)7(16)9(17)12(20,30-5(2)27)15(10,25)31-6(3)28/h9H,1-3H3. The maximum Gasteiger partial charge on any atom is 0.304 e. The number of halogens is 10. The van der Waals surface area contributed by atoms with E-state index in [1.54, 1.807) is 0 Å². The van der Waals surface area contributed by atoms with Crippen molar-refractivity contribution in [2.75, 3.05) is 0 Å². The maximum absolute atomic E-state index is 12.6. The molecule has 0 saturated heterocycles. The molecule has 0 spiro atoms. The van der Waals surface area contributed by atoms with Crippen LogP contribution in [0.4, 0.5) is 0 Å². The van der Waals surface area contributed by atoms with Crippen LogP contribution in [0.3, 0.4) is 0 Å². The Bertz CT molecular complexity index is 888. The normalized spacial score (nSPS) is 37.6. The van der Waals surface area contributed by atoms with Gasteiger partial charge < -0.3 is 14.2 Å². The molecule has 16 heteroatoms. The number of carbonyl (C=O) groups excluding carboxylic acids is 3. The van der Waals surface area contributed by atoms with E-state index in [2.05, 4.69) is 203 Å². The highest BCUT2D eigenvalue weighted by atomic mass is 127. The van der Waals surface area contributed by atoms with Gasteiger partial charge in [0, 0.05) is 29.9 Å². The van der Waals surface area contributed by atoms with Crippen molar-refractivity contribution in [3.05, 3.63) is 9.15 Å². The summed E-state index contributed by atoms with van der Waals surface area (Å²) in [5.74, 6) is -1.61. The Balaban J connectivity index is 3.21. The fraction of sp³-hybridized carbons (Fsp3) is 0.667. The molecule has 0 aromatic rings. The number of ether oxygens (including phenoxy) is 3. The highest BCUT2D eigenvalue weighted by molar-refractivity contribution is 14.2. The zero-order chi connectivity index (χ0) is 24.6. The molecular formula is C15H10I10O6. The molecule has 4 atom stereocenters. The predicted molar refractivity (Wildman–Crippen MR) is 203 cm³/mol. The first-order valence-corrected chi connectivity index (χ1v) is 18.8. The van der Waals surface area contributed by atoms with Crippen LogP contribution in [0.15, 0.2) is 9.15 Å². The number of alkyl halides is 9. The minimum Gasteiger partial charge on any atom is -0.447 e. The SMILES string of the molecule is CC(=O)OC1(I)C(I)C(I)=C2C(I)(I)C(I)(I)C(I)(I)C2(OC(C)=O)C1(I)OC(C)=O. The molecule has 2 aliphatic rings. The van der Waals surface area contributed by atoms with Crippen LogP contribution in [0.1, 0.15) is 20.8 Å². The predicted octanol–water partition coefficient (Wildman–Crippen LogP) is 7.90. The van der Waals surface area contributed by atoms with Crippen LogP contribution in [0.2, 0.25) is 0 Å². The largest absolute Gasteiger partial charge is 0.447 e. The molecule has 2 aliphatic carbocycles. The van der Waals surface area contributed by atoms with Crippen LogP contribution in [-0.2, 0) is 28.6 Å². The highest BCUT2D eigenvalue weighted by Crippen LogP contribution is 2.82. The van der Waals surface area contributed by atoms with Crippen molar-refractivity contribution in [2.24, 2.45) is 0 Å². The maximum atomic E-state index is 12.6. The smallest absolute Gasteiger partial charge is 0.304 e. The van der Waals surface area contributed by atoms with Crippen molar-refractivity contribution < 1.29 is 28.6 Å². The van der Waals surface area contributed by atoms with E-state index in [1.165, 1.54) is 20.8 Å². The summed E-state index contributed by atoms with van der Waals surface area (Å²) in [5, 5.41) is 0. The quantitative estimate of drug-likeness (QED) is 0.124. The van der Waals surface area contributed by atoms with E-state index in [9.17, 15) is 14.4 Å². The lowest BCUT2D eigenvalue weighted by Crippen LogP contribution is -2.76. The summed E-state index contributed by atoms with van der Waals surface area (Å²) in [5.41, 5.74) is -0.599. The van der Waals surface area contributed by atoms with E-state index >= 15 is 0 Å². The summed E-state index contributed by atoms with van der Waals surface area (Å²) in [6.07, 6.45) is 0. The number of rotatable bonds is 3. The van der Waals surface area contributed by atoms with Crippen molar-refractivity contribution >= 4 is 244 Å². The molecule has 2 rings (SSSR count). The number of fused-ring (bicyclic) bond motifs is 1. The van der Waals surface area contributed by atoms with E-state index in [-0.39, 0.29) is 3.92 Å². The zero-order valence-corrected chi connectivity index (χ0v) is 36.9. The summed E-state index contributed by atoms with van der Waals surface area (Å²) in [6, 6.07) is 0. The zero-order valence-electron chi connectivity index (χ0n) is 15.3. The second kappa shape index (κ2) is 10.8. The Kier molecular flexibility index (Phi) is 11.4. The van der Waals surface area contributed by atoms with Crippen molar-refractivity contribution in [1.29, 1.82) is 0 Å². The van der Waals surface area contributed by atoms with Crippen LogP contribution in [-0.4, -0.2) is 38.9 Å². The molecule has 0 radical (unpaired) electrons. The molecule has 0 aliphatic heterocycles. The minimum absolute atomic E-state index is 0.376. The second-order valence-corrected chi connectivity index (χ2v) is 27.9. The topological polar surface area (TPSA) is 78.9 Å². The van der Waals surface area contributed by atoms with E-state index in [0.717, 1.165) is 9.15 Å². The molecule has 6 nitrogen and oxygen atoms in total. The van der Waals surface area contributed by atoms with Gasteiger partial charge in [-0.05, 0) is 67.8 Å². The number of hydrogen-bond acceptors (Lipinski definition) is 6. The van der Waals surface area contributed by atoms with Gasteiger partial charge in [-0.25, -0.2) is 0 Å². The first-order chi connectivity index (χ1) is 13.7. The van der Waals surface area contributed by atoms with Crippen LogP contribution < -0.4 is 0 Å². The first kappa shape index (κ1) is 32.7. The van der Waals surface area contributed by atoms with Gasteiger partial charge in [0.2, 0.25) is 9.21 Å². The fourth-order valence-electron chi connectivity index (χ4n) is 3.39. The summed E-state index contributed by atoms with van der Waals surface area (Å²) >= 11 is 22.7. The van der Waals surface area contributed by atoms with Gasteiger partial charge in [0.1, 0.15) is 4.29 Å². The second-order valence-electron chi connectivity index (χ2n) is 6.51. The first-order valence-electron chi connectivity index (χ1n) is 7.83. The number of hydrogen-bond donors (Lipinski definition) is 0. The summed E-state index contributed by atoms with van der Waals surface area (Å²) in [4.78, 5) is 37.4. The molecule has 31 heavy (non-hydrogen) atoms. The third-order valence-corrected chi connectivity index (χ3v) is 31.2. The van der Waals surface area contributed by atoms with E-state index < -0.39 is 35.0 Å².